The van der Waals surface area contributed by atoms with Gasteiger partial charge in [-0.05, 0) is 0 Å². The van der Waals surface area contributed by atoms with Gasteiger partial charge in [0, 0.05) is 31.2 Å². The van der Waals surface area contributed by atoms with Crippen molar-refractivity contribution in [2.75, 3.05) is 0 Å². The molecule has 19 heavy (non-hydrogen) atoms. The summed E-state index contributed by atoms with van der Waals surface area (Å²) >= 11 is 0. The van der Waals surface area contributed by atoms with E-state index in [-0.39, 0.29) is 49.5 Å². The molecule has 0 atom stereocenters. The van der Waals surface area contributed by atoms with E-state index in [9.17, 15) is 19.2 Å². The Hall–Kier alpha value is -2.10. The number of carbonyl (C=O) groups excluding carboxylic acids is 4. The second-order valence-electron chi connectivity index (χ2n) is 4.25. The van der Waals surface area contributed by atoms with Crippen molar-refractivity contribution in [1.29, 1.82) is 0 Å². The van der Waals surface area contributed by atoms with E-state index in [0.717, 1.165) is 0 Å². The number of hydrogen-bond acceptors (Lipinski definition) is 4. The van der Waals surface area contributed by atoms with Crippen molar-refractivity contribution < 1.29 is 19.2 Å². The molecule has 0 heterocycles. The van der Waals surface area contributed by atoms with Crippen LogP contribution in [0.5, 0.6) is 0 Å². The predicted octanol–water partition coefficient (Wildman–Crippen LogP) is 2.16. The number of aldehydes is 1. The first-order valence-electron chi connectivity index (χ1n) is 6.18. The Bertz CT molecular complexity index is 462. The summed E-state index contributed by atoms with van der Waals surface area (Å²) in [5.41, 5.74) is 0.503. The van der Waals surface area contributed by atoms with Crippen LogP contribution < -0.4 is 0 Å². The number of Topliss-reactive ketones (excluding diaryl/α,β-unsaturated/α-hetero) is 3. The summed E-state index contributed by atoms with van der Waals surface area (Å²) in [5.74, 6) is -0.591. The molecule has 0 unspecified atom stereocenters. The molecule has 4 nitrogen and oxygen atoms in total. The zero-order valence-corrected chi connectivity index (χ0v) is 10.6. The highest BCUT2D eigenvalue weighted by Gasteiger charge is 2.12. The fourth-order valence-electron chi connectivity index (χ4n) is 1.62. The lowest BCUT2D eigenvalue weighted by molar-refractivity contribution is -0.124. The summed E-state index contributed by atoms with van der Waals surface area (Å²) in [7, 11) is 0. The Morgan fingerprint density at radius 1 is 0.895 bits per heavy atom. The third-order valence-corrected chi connectivity index (χ3v) is 2.68. The van der Waals surface area contributed by atoms with Crippen LogP contribution in [0.2, 0.25) is 0 Å². The molecule has 0 spiro atoms. The maximum absolute atomic E-state index is 11.7. The van der Waals surface area contributed by atoms with Gasteiger partial charge in [0.15, 0.2) is 5.78 Å². The highest BCUT2D eigenvalue weighted by molar-refractivity contribution is 6.08. The molecule has 0 N–H and O–H groups in total. The largest absolute Gasteiger partial charge is 0.303 e. The monoisotopic (exact) mass is 260 g/mol. The minimum absolute atomic E-state index is 0.0657. The quantitative estimate of drug-likeness (QED) is 0.387. The first kappa shape index (κ1) is 15.0. The van der Waals surface area contributed by atoms with Crippen LogP contribution in [0.3, 0.4) is 0 Å². The van der Waals surface area contributed by atoms with Gasteiger partial charge in [0.2, 0.25) is 0 Å². The van der Waals surface area contributed by atoms with Gasteiger partial charge in [0.25, 0.3) is 0 Å². The number of carbonyl (C=O) groups is 4. The highest BCUT2D eigenvalue weighted by Crippen LogP contribution is 2.06. The summed E-state index contributed by atoms with van der Waals surface area (Å²) in [6, 6.07) is 8.58. The molecule has 0 aliphatic carbocycles. The summed E-state index contributed by atoms with van der Waals surface area (Å²) in [6.07, 6.45) is 1.04. The smallest absolute Gasteiger partial charge is 0.170 e. The van der Waals surface area contributed by atoms with Crippen LogP contribution in [0.15, 0.2) is 30.3 Å². The molecule has 0 aliphatic rings. The first-order valence-corrected chi connectivity index (χ1v) is 6.18. The Morgan fingerprint density at radius 3 is 2.16 bits per heavy atom. The van der Waals surface area contributed by atoms with Crippen LogP contribution in [-0.4, -0.2) is 23.6 Å². The lowest BCUT2D eigenvalue weighted by Gasteiger charge is -2.01. The molecule has 0 fully saturated rings. The molecule has 100 valence electrons. The molecule has 0 saturated heterocycles. The average Bonchev–Trinajstić information content (AvgIpc) is 2.43. The normalized spacial score (nSPS) is 9.89. The van der Waals surface area contributed by atoms with Gasteiger partial charge in [-0.2, -0.15) is 0 Å². The molecule has 4 heteroatoms. The zero-order valence-electron chi connectivity index (χ0n) is 10.6. The zero-order chi connectivity index (χ0) is 14.1. The van der Waals surface area contributed by atoms with Crippen molar-refractivity contribution in [2.45, 2.75) is 32.1 Å². The van der Waals surface area contributed by atoms with Crippen molar-refractivity contribution >= 4 is 23.6 Å². The maximum Gasteiger partial charge on any atom is 0.170 e. The molecular formula is C15H16O4. The van der Waals surface area contributed by atoms with Gasteiger partial charge in [-0.3, -0.25) is 14.4 Å². The lowest BCUT2D eigenvalue weighted by atomic mass is 10.0. The molecule has 0 amide bonds. The fraction of sp³-hybridized carbons (Fsp3) is 0.333. The van der Waals surface area contributed by atoms with Gasteiger partial charge in [-0.15, -0.1) is 0 Å². The van der Waals surface area contributed by atoms with E-state index in [1.807, 2.05) is 0 Å². The van der Waals surface area contributed by atoms with Crippen LogP contribution in [0, 0.1) is 0 Å². The molecule has 0 aromatic heterocycles. The minimum Gasteiger partial charge on any atom is -0.303 e. The standard InChI is InChI=1S/C15H16O4/c16-10-4-7-13(17)8-9-14(18)11-15(19)12-5-2-1-3-6-12/h1-3,5-6,10H,4,7-9,11H2. The highest BCUT2D eigenvalue weighted by atomic mass is 16.2. The van der Waals surface area contributed by atoms with E-state index in [4.69, 9.17) is 0 Å². The van der Waals surface area contributed by atoms with Crippen molar-refractivity contribution in [1.82, 2.24) is 0 Å². The van der Waals surface area contributed by atoms with Crippen molar-refractivity contribution in [2.24, 2.45) is 0 Å². The second kappa shape index (κ2) is 8.08. The summed E-state index contributed by atoms with van der Waals surface area (Å²) in [4.78, 5) is 44.6. The van der Waals surface area contributed by atoms with Crippen molar-refractivity contribution in [3.63, 3.8) is 0 Å². The van der Waals surface area contributed by atoms with E-state index >= 15 is 0 Å². The van der Waals surface area contributed by atoms with Crippen LogP contribution in [0.1, 0.15) is 42.5 Å². The molecule has 1 aromatic rings. The third-order valence-electron chi connectivity index (χ3n) is 2.68. The van der Waals surface area contributed by atoms with E-state index in [2.05, 4.69) is 0 Å². The van der Waals surface area contributed by atoms with Gasteiger partial charge in [-0.1, -0.05) is 30.3 Å². The topological polar surface area (TPSA) is 68.3 Å². The van der Waals surface area contributed by atoms with Crippen LogP contribution in [0.4, 0.5) is 0 Å². The van der Waals surface area contributed by atoms with Crippen molar-refractivity contribution in [3.8, 4) is 0 Å². The van der Waals surface area contributed by atoms with Gasteiger partial charge >= 0.3 is 0 Å². The Labute approximate surface area is 111 Å². The Balaban J connectivity index is 2.33. The van der Waals surface area contributed by atoms with E-state index in [0.29, 0.717) is 11.8 Å². The van der Waals surface area contributed by atoms with Gasteiger partial charge in [-0.25, -0.2) is 0 Å². The molecule has 0 bridgehead atoms. The van der Waals surface area contributed by atoms with Gasteiger partial charge in [0.05, 0.1) is 6.42 Å². The lowest BCUT2D eigenvalue weighted by Crippen LogP contribution is -2.10. The predicted molar refractivity (Wildman–Crippen MR) is 69.9 cm³/mol. The SMILES string of the molecule is O=CCCC(=O)CCC(=O)CC(=O)c1ccccc1. The Morgan fingerprint density at radius 2 is 1.53 bits per heavy atom. The van der Waals surface area contributed by atoms with Gasteiger partial charge in [0.1, 0.15) is 17.9 Å². The molecular weight excluding hydrogens is 244 g/mol. The molecule has 0 aliphatic heterocycles. The second-order valence-corrected chi connectivity index (χ2v) is 4.25. The third kappa shape index (κ3) is 5.86. The summed E-state index contributed by atoms with van der Waals surface area (Å²) in [5, 5.41) is 0. The average molecular weight is 260 g/mol. The number of ketones is 3. The van der Waals surface area contributed by atoms with Crippen molar-refractivity contribution in [3.05, 3.63) is 35.9 Å². The molecule has 0 saturated carbocycles. The van der Waals surface area contributed by atoms with Crippen LogP contribution >= 0.6 is 0 Å². The minimum atomic E-state index is -0.242. The van der Waals surface area contributed by atoms with E-state index < -0.39 is 0 Å². The van der Waals surface area contributed by atoms with Crippen LogP contribution in [0.25, 0.3) is 0 Å². The number of benzene rings is 1. The molecule has 0 radical (unpaired) electrons. The fourth-order valence-corrected chi connectivity index (χ4v) is 1.62. The summed E-state index contributed by atoms with van der Waals surface area (Å²) in [6.45, 7) is 0. The van der Waals surface area contributed by atoms with E-state index in [1.165, 1.54) is 0 Å². The Kier molecular flexibility index (Phi) is 6.36. The number of hydrogen-bond donors (Lipinski definition) is 0. The molecule has 1 aromatic carbocycles. The van der Waals surface area contributed by atoms with E-state index in [1.54, 1.807) is 30.3 Å². The number of rotatable bonds is 9. The first-order chi connectivity index (χ1) is 9.13. The van der Waals surface area contributed by atoms with Gasteiger partial charge < -0.3 is 4.79 Å². The summed E-state index contributed by atoms with van der Waals surface area (Å²) < 4.78 is 0. The molecule has 1 rings (SSSR count). The maximum atomic E-state index is 11.7. The van der Waals surface area contributed by atoms with Crippen LogP contribution in [-0.2, 0) is 14.4 Å².